The molecule has 7 heteroatoms. The molecule has 0 saturated carbocycles. The number of hydrogen-bond donors (Lipinski definition) is 0. The maximum absolute atomic E-state index is 14.2. The fourth-order valence-corrected chi connectivity index (χ4v) is 5.26. The quantitative estimate of drug-likeness (QED) is 0.553. The van der Waals surface area contributed by atoms with Crippen molar-refractivity contribution < 1.29 is 13.9 Å². The number of methoxy groups -OCH3 is 1. The number of carbonyl (C=O) groups is 1. The van der Waals surface area contributed by atoms with E-state index in [-0.39, 0.29) is 18.3 Å². The second-order valence-corrected chi connectivity index (χ2v) is 8.31. The summed E-state index contributed by atoms with van der Waals surface area (Å²) in [6, 6.07) is 6.89. The molecule has 0 aliphatic heterocycles. The van der Waals surface area contributed by atoms with E-state index >= 15 is 0 Å². The number of amides is 1. The van der Waals surface area contributed by atoms with Crippen LogP contribution in [-0.2, 0) is 17.9 Å². The van der Waals surface area contributed by atoms with Crippen LogP contribution in [0.5, 0.6) is 0 Å². The van der Waals surface area contributed by atoms with Crippen molar-refractivity contribution in [2.75, 3.05) is 14.2 Å². The highest BCUT2D eigenvalue weighted by Crippen LogP contribution is 2.34. The second-order valence-electron chi connectivity index (χ2n) is 5.35. The van der Waals surface area contributed by atoms with Gasteiger partial charge in [0.05, 0.1) is 18.0 Å². The molecule has 3 rings (SSSR count). The highest BCUT2D eigenvalue weighted by Gasteiger charge is 2.23. The van der Waals surface area contributed by atoms with E-state index in [2.05, 4.69) is 15.9 Å². The summed E-state index contributed by atoms with van der Waals surface area (Å²) < 4.78 is 21.2. The lowest BCUT2D eigenvalue weighted by Crippen LogP contribution is -2.25. The van der Waals surface area contributed by atoms with Crippen molar-refractivity contribution in [2.45, 2.75) is 13.2 Å². The number of halogens is 2. The van der Waals surface area contributed by atoms with Crippen molar-refractivity contribution in [2.24, 2.45) is 0 Å². The Morgan fingerprint density at radius 3 is 2.88 bits per heavy atom. The Hall–Kier alpha value is -1.28. The Morgan fingerprint density at radius 2 is 2.21 bits per heavy atom. The maximum Gasteiger partial charge on any atom is 0.264 e. The number of rotatable bonds is 5. The van der Waals surface area contributed by atoms with Crippen molar-refractivity contribution >= 4 is 54.6 Å². The zero-order valence-electron chi connectivity index (χ0n) is 13.1. The average molecular weight is 428 g/mol. The van der Waals surface area contributed by atoms with Crippen LogP contribution in [-0.4, -0.2) is 25.0 Å². The van der Waals surface area contributed by atoms with Gasteiger partial charge in [0.15, 0.2) is 0 Å². The lowest BCUT2D eigenvalue weighted by molar-refractivity contribution is 0.0787. The van der Waals surface area contributed by atoms with E-state index in [1.165, 1.54) is 17.4 Å². The Morgan fingerprint density at radius 1 is 1.42 bits per heavy atom. The number of fused-ring (bicyclic) bond motifs is 1. The molecule has 1 aromatic carbocycles. The molecule has 0 fully saturated rings. The average Bonchev–Trinajstić information content (AvgIpc) is 3.12. The smallest absolute Gasteiger partial charge is 0.264 e. The molecular formula is C17H15BrFNO2S2. The molecule has 2 aromatic heterocycles. The van der Waals surface area contributed by atoms with Crippen LogP contribution < -0.4 is 0 Å². The Bertz CT molecular complexity index is 890. The van der Waals surface area contributed by atoms with E-state index in [4.69, 9.17) is 4.74 Å². The Labute approximate surface area is 155 Å². The van der Waals surface area contributed by atoms with Gasteiger partial charge in [0, 0.05) is 44.5 Å². The summed E-state index contributed by atoms with van der Waals surface area (Å²) in [5.41, 5.74) is 0.625. The van der Waals surface area contributed by atoms with Crippen LogP contribution in [0.2, 0.25) is 0 Å². The van der Waals surface area contributed by atoms with Crippen LogP contribution in [0.15, 0.2) is 34.1 Å². The predicted octanol–water partition coefficient (Wildman–Crippen LogP) is 5.28. The third kappa shape index (κ3) is 3.39. The molecule has 0 aliphatic carbocycles. The zero-order valence-corrected chi connectivity index (χ0v) is 16.4. The first-order valence-corrected chi connectivity index (χ1v) is 9.67. The minimum absolute atomic E-state index is 0.118. The lowest BCUT2D eigenvalue weighted by Gasteiger charge is -2.16. The summed E-state index contributed by atoms with van der Waals surface area (Å²) in [4.78, 5) is 16.2. The molecule has 0 atom stereocenters. The fraction of sp³-hybridized carbons (Fsp3) is 0.235. The maximum atomic E-state index is 14.2. The van der Waals surface area contributed by atoms with Crippen LogP contribution in [0.25, 0.3) is 10.1 Å². The van der Waals surface area contributed by atoms with Crippen LogP contribution in [0.4, 0.5) is 4.39 Å². The van der Waals surface area contributed by atoms with E-state index < -0.39 is 0 Å². The minimum atomic E-state index is -0.320. The summed E-state index contributed by atoms with van der Waals surface area (Å²) in [7, 11) is 3.30. The predicted molar refractivity (Wildman–Crippen MR) is 100 cm³/mol. The Balaban J connectivity index is 1.96. The zero-order chi connectivity index (χ0) is 17.3. The third-order valence-electron chi connectivity index (χ3n) is 3.61. The molecule has 0 saturated heterocycles. The third-order valence-corrected chi connectivity index (χ3v) is 6.48. The number of benzene rings is 1. The number of carbonyl (C=O) groups excluding carboxylic acids is 1. The van der Waals surface area contributed by atoms with Crippen LogP contribution in [0, 0.1) is 5.82 Å². The van der Waals surface area contributed by atoms with Gasteiger partial charge in [-0.05, 0) is 34.1 Å². The van der Waals surface area contributed by atoms with Gasteiger partial charge in [-0.3, -0.25) is 4.79 Å². The summed E-state index contributed by atoms with van der Waals surface area (Å²) in [5, 5.41) is 2.47. The van der Waals surface area contributed by atoms with Gasteiger partial charge in [-0.15, -0.1) is 22.7 Å². The normalized spacial score (nSPS) is 11.2. The Kier molecular flexibility index (Phi) is 5.34. The molecular weight excluding hydrogens is 413 g/mol. The molecule has 126 valence electrons. The van der Waals surface area contributed by atoms with Gasteiger partial charge < -0.3 is 9.64 Å². The first-order chi connectivity index (χ1) is 11.5. The minimum Gasteiger partial charge on any atom is -0.380 e. The largest absolute Gasteiger partial charge is 0.380 e. The number of nitrogens with zero attached hydrogens (tertiary/aromatic N) is 1. The molecule has 3 aromatic rings. The molecule has 0 aliphatic rings. The van der Waals surface area contributed by atoms with E-state index in [1.807, 2.05) is 17.5 Å². The van der Waals surface area contributed by atoms with Crippen molar-refractivity contribution in [3.63, 3.8) is 0 Å². The van der Waals surface area contributed by atoms with E-state index in [9.17, 15) is 9.18 Å². The fourth-order valence-electron chi connectivity index (χ4n) is 2.54. The van der Waals surface area contributed by atoms with Crippen molar-refractivity contribution in [3.05, 3.63) is 55.3 Å². The standard InChI is InChI=1S/C17H15BrFNO2S2/c1-20(7-11-6-10(18)9-23-11)17(21)16-12(8-22-2)15-13(19)4-3-5-14(15)24-16/h3-6,9H,7-8H2,1-2H3. The molecule has 0 spiro atoms. The summed E-state index contributed by atoms with van der Waals surface area (Å²) >= 11 is 6.32. The van der Waals surface area contributed by atoms with Gasteiger partial charge in [0.25, 0.3) is 5.91 Å². The topological polar surface area (TPSA) is 29.5 Å². The summed E-state index contributed by atoms with van der Waals surface area (Å²) in [6.07, 6.45) is 0. The van der Waals surface area contributed by atoms with Gasteiger partial charge in [-0.25, -0.2) is 4.39 Å². The molecule has 0 bridgehead atoms. The van der Waals surface area contributed by atoms with Gasteiger partial charge in [-0.2, -0.15) is 0 Å². The van der Waals surface area contributed by atoms with Crippen molar-refractivity contribution in [1.82, 2.24) is 4.90 Å². The van der Waals surface area contributed by atoms with E-state index in [1.54, 1.807) is 36.5 Å². The van der Waals surface area contributed by atoms with Crippen molar-refractivity contribution in [1.29, 1.82) is 0 Å². The van der Waals surface area contributed by atoms with E-state index in [0.717, 1.165) is 14.0 Å². The highest BCUT2D eigenvalue weighted by atomic mass is 79.9. The molecule has 0 unspecified atom stereocenters. The lowest BCUT2D eigenvalue weighted by atomic mass is 10.1. The molecule has 24 heavy (non-hydrogen) atoms. The molecule has 2 heterocycles. The number of hydrogen-bond acceptors (Lipinski definition) is 4. The highest BCUT2D eigenvalue weighted by molar-refractivity contribution is 9.10. The summed E-state index contributed by atoms with van der Waals surface area (Å²) in [5.74, 6) is -0.438. The van der Waals surface area contributed by atoms with Gasteiger partial charge in [0.2, 0.25) is 0 Å². The first-order valence-electron chi connectivity index (χ1n) is 7.18. The monoisotopic (exact) mass is 427 g/mol. The first kappa shape index (κ1) is 17.5. The van der Waals surface area contributed by atoms with Gasteiger partial charge in [0.1, 0.15) is 5.82 Å². The molecule has 0 N–H and O–H groups in total. The second kappa shape index (κ2) is 7.31. The van der Waals surface area contributed by atoms with Crippen LogP contribution in [0.1, 0.15) is 20.1 Å². The summed E-state index contributed by atoms with van der Waals surface area (Å²) in [6.45, 7) is 0.721. The molecule has 0 radical (unpaired) electrons. The molecule has 3 nitrogen and oxygen atoms in total. The van der Waals surface area contributed by atoms with Crippen LogP contribution in [0.3, 0.4) is 0 Å². The number of thiophene rings is 2. The van der Waals surface area contributed by atoms with Gasteiger partial charge >= 0.3 is 0 Å². The van der Waals surface area contributed by atoms with Gasteiger partial charge in [-0.1, -0.05) is 6.07 Å². The SMILES string of the molecule is COCc1c(C(=O)N(C)Cc2cc(Br)cs2)sc2cccc(F)c12. The molecule has 1 amide bonds. The van der Waals surface area contributed by atoms with E-state index in [0.29, 0.717) is 22.4 Å². The van der Waals surface area contributed by atoms with Crippen LogP contribution >= 0.6 is 38.6 Å². The number of ether oxygens (including phenoxy) is 1. The van der Waals surface area contributed by atoms with Crippen molar-refractivity contribution in [3.8, 4) is 0 Å².